The number of amides is 2. The minimum absolute atomic E-state index is 0.0871. The Kier molecular flexibility index (Phi) is 4.88. The lowest BCUT2D eigenvalue weighted by Crippen LogP contribution is -2.57. The molecule has 1 aliphatic rings. The molecule has 5 nitrogen and oxygen atoms in total. The van der Waals surface area contributed by atoms with Gasteiger partial charge in [-0.2, -0.15) is 9.28 Å². The van der Waals surface area contributed by atoms with Crippen molar-refractivity contribution >= 4 is 17.8 Å². The maximum absolute atomic E-state index is 12.3. The predicted octanol–water partition coefficient (Wildman–Crippen LogP) is 3.02. The lowest BCUT2D eigenvalue weighted by atomic mass is 10.1. The largest absolute Gasteiger partial charge is 0.521 e. The first-order chi connectivity index (χ1) is 10.5. The van der Waals surface area contributed by atoms with Gasteiger partial charge in [0, 0.05) is 30.9 Å². The summed E-state index contributed by atoms with van der Waals surface area (Å²) >= 11 is 0. The molecular weight excluding hydrogens is 282 g/mol. The molecule has 22 heavy (non-hydrogen) atoms. The van der Waals surface area contributed by atoms with Gasteiger partial charge in [0.1, 0.15) is 6.04 Å². The van der Waals surface area contributed by atoms with Crippen molar-refractivity contribution in [2.75, 3.05) is 6.54 Å². The quantitative estimate of drug-likeness (QED) is 0.527. The number of carbonyl (C=O) groups excluding carboxylic acids is 2. The van der Waals surface area contributed by atoms with Gasteiger partial charge in [0.25, 0.3) is 0 Å². The van der Waals surface area contributed by atoms with E-state index < -0.39 is 16.5 Å². The second kappa shape index (κ2) is 6.66. The van der Waals surface area contributed by atoms with Gasteiger partial charge < -0.3 is 5.11 Å². The van der Waals surface area contributed by atoms with Crippen LogP contribution in [0.2, 0.25) is 0 Å². The normalized spacial score (nSPS) is 24.5. The van der Waals surface area contributed by atoms with Crippen molar-refractivity contribution in [3.05, 3.63) is 48.0 Å². The standard InChI is InChI=1S/C17H19NO4/c1-13-7-6-12-18(13,17(21)22)16(20)11-5-10-15(19)14-8-3-2-4-9-14/h2-5,8-9,11,13H,6-7,10,12H2,1H3/p+1/t13-,18?/m1/s1. The van der Waals surface area contributed by atoms with E-state index >= 15 is 0 Å². The Bertz CT molecular complexity index is 608. The molecule has 116 valence electrons. The van der Waals surface area contributed by atoms with Gasteiger partial charge in [-0.15, -0.1) is 0 Å². The summed E-state index contributed by atoms with van der Waals surface area (Å²) in [7, 11) is 0. The number of carbonyl (C=O) groups is 3. The number of benzene rings is 1. The number of hydrogen-bond acceptors (Lipinski definition) is 3. The molecule has 0 saturated carbocycles. The van der Waals surface area contributed by atoms with Crippen molar-refractivity contribution in [1.29, 1.82) is 0 Å². The first-order valence-electron chi connectivity index (χ1n) is 7.39. The van der Waals surface area contributed by atoms with Crippen LogP contribution in [0.25, 0.3) is 0 Å². The summed E-state index contributed by atoms with van der Waals surface area (Å²) in [6.07, 6.45) is 3.12. The summed E-state index contributed by atoms with van der Waals surface area (Å²) in [5, 5.41) is 9.44. The van der Waals surface area contributed by atoms with Crippen molar-refractivity contribution in [3.63, 3.8) is 0 Å². The second-order valence-corrected chi connectivity index (χ2v) is 5.60. The Labute approximate surface area is 129 Å². The number of imide groups is 1. The molecule has 1 heterocycles. The zero-order valence-electron chi connectivity index (χ0n) is 12.6. The van der Waals surface area contributed by atoms with E-state index in [2.05, 4.69) is 0 Å². The number of quaternary nitrogens is 1. The summed E-state index contributed by atoms with van der Waals surface area (Å²) < 4.78 is -0.559. The van der Waals surface area contributed by atoms with Crippen LogP contribution in [0, 0.1) is 0 Å². The number of Topliss-reactive ketones (excluding diaryl/α,β-unsaturated/α-hetero) is 1. The molecule has 0 radical (unpaired) electrons. The summed E-state index contributed by atoms with van der Waals surface area (Å²) in [5.74, 6) is -0.556. The van der Waals surface area contributed by atoms with Gasteiger partial charge in [-0.3, -0.25) is 4.79 Å². The van der Waals surface area contributed by atoms with Gasteiger partial charge >= 0.3 is 12.0 Å². The monoisotopic (exact) mass is 302 g/mol. The van der Waals surface area contributed by atoms with Crippen molar-refractivity contribution in [2.24, 2.45) is 0 Å². The molecule has 0 bridgehead atoms. The summed E-state index contributed by atoms with van der Waals surface area (Å²) in [6, 6.07) is 8.57. The van der Waals surface area contributed by atoms with E-state index in [1.54, 1.807) is 31.2 Å². The third-order valence-electron chi connectivity index (χ3n) is 4.28. The van der Waals surface area contributed by atoms with Crippen LogP contribution in [0.15, 0.2) is 42.5 Å². The van der Waals surface area contributed by atoms with Crippen LogP contribution >= 0.6 is 0 Å². The second-order valence-electron chi connectivity index (χ2n) is 5.60. The van der Waals surface area contributed by atoms with Gasteiger partial charge in [0.2, 0.25) is 0 Å². The molecule has 1 N–H and O–H groups in total. The Balaban J connectivity index is 2.05. The fourth-order valence-electron chi connectivity index (χ4n) is 2.92. The van der Waals surface area contributed by atoms with Gasteiger partial charge in [-0.05, 0) is 6.92 Å². The molecule has 0 aliphatic carbocycles. The first-order valence-corrected chi connectivity index (χ1v) is 7.39. The molecule has 2 amide bonds. The number of ketones is 1. The smallest absolute Gasteiger partial charge is 0.435 e. The lowest BCUT2D eigenvalue weighted by molar-refractivity contribution is -0.789. The Morgan fingerprint density at radius 3 is 2.50 bits per heavy atom. The molecule has 5 heteroatoms. The summed E-state index contributed by atoms with van der Waals surface area (Å²) in [5.41, 5.74) is 0.580. The van der Waals surface area contributed by atoms with Crippen molar-refractivity contribution < 1.29 is 24.0 Å². The third-order valence-corrected chi connectivity index (χ3v) is 4.28. The van der Waals surface area contributed by atoms with Crippen LogP contribution in [-0.2, 0) is 4.79 Å². The maximum Gasteiger partial charge on any atom is 0.521 e. The van der Waals surface area contributed by atoms with E-state index in [-0.39, 0.29) is 18.2 Å². The lowest BCUT2D eigenvalue weighted by Gasteiger charge is -2.28. The number of carboxylic acid groups (broad SMARTS) is 1. The zero-order chi connectivity index (χ0) is 16.2. The molecule has 2 rings (SSSR count). The molecule has 1 aromatic rings. The van der Waals surface area contributed by atoms with E-state index in [0.717, 1.165) is 12.8 Å². The number of nitrogens with zero attached hydrogens (tertiary/aromatic N) is 1. The molecule has 1 fully saturated rings. The summed E-state index contributed by atoms with van der Waals surface area (Å²) in [4.78, 5) is 35.8. The van der Waals surface area contributed by atoms with Crippen molar-refractivity contribution in [2.45, 2.75) is 32.2 Å². The third kappa shape index (κ3) is 2.99. The average Bonchev–Trinajstić information content (AvgIpc) is 2.90. The van der Waals surface area contributed by atoms with Crippen LogP contribution in [0.5, 0.6) is 0 Å². The van der Waals surface area contributed by atoms with E-state index in [1.807, 2.05) is 6.07 Å². The molecule has 1 saturated heterocycles. The first kappa shape index (κ1) is 16.1. The van der Waals surface area contributed by atoms with Gasteiger partial charge in [-0.1, -0.05) is 36.4 Å². The van der Waals surface area contributed by atoms with E-state index in [9.17, 15) is 19.5 Å². The zero-order valence-corrected chi connectivity index (χ0v) is 12.6. The molecule has 1 unspecified atom stereocenters. The molecular formula is C17H20NO4+. The van der Waals surface area contributed by atoms with E-state index in [0.29, 0.717) is 12.1 Å². The van der Waals surface area contributed by atoms with Gasteiger partial charge in [0.05, 0.1) is 6.54 Å². The Hall–Kier alpha value is -2.27. The van der Waals surface area contributed by atoms with E-state index in [4.69, 9.17) is 0 Å². The molecule has 2 atom stereocenters. The molecule has 1 aliphatic heterocycles. The molecule has 0 spiro atoms. The predicted molar refractivity (Wildman–Crippen MR) is 81.4 cm³/mol. The minimum Gasteiger partial charge on any atom is -0.435 e. The van der Waals surface area contributed by atoms with Crippen LogP contribution in [0.3, 0.4) is 0 Å². The SMILES string of the molecule is C[C@@H]1CCC[N+]1(C(=O)O)C(=O)C=CCC(=O)c1ccccc1. The number of allylic oxidation sites excluding steroid dienone is 1. The number of hydrogen-bond donors (Lipinski definition) is 1. The maximum atomic E-state index is 12.3. The van der Waals surface area contributed by atoms with Crippen LogP contribution in [-0.4, -0.2) is 40.0 Å². The molecule has 0 aromatic heterocycles. The highest BCUT2D eigenvalue weighted by atomic mass is 16.4. The van der Waals surface area contributed by atoms with Crippen LogP contribution in [0.4, 0.5) is 4.79 Å². The fourth-order valence-corrected chi connectivity index (χ4v) is 2.92. The highest BCUT2D eigenvalue weighted by Gasteiger charge is 2.51. The number of rotatable bonds is 4. The van der Waals surface area contributed by atoms with E-state index in [1.165, 1.54) is 12.2 Å². The van der Waals surface area contributed by atoms with Gasteiger partial charge in [-0.25, -0.2) is 4.79 Å². The molecule has 1 aromatic carbocycles. The highest BCUT2D eigenvalue weighted by Crippen LogP contribution is 2.28. The fraction of sp³-hybridized carbons (Fsp3) is 0.353. The Morgan fingerprint density at radius 1 is 1.27 bits per heavy atom. The highest BCUT2D eigenvalue weighted by molar-refractivity contribution is 5.97. The summed E-state index contributed by atoms with van der Waals surface area (Å²) in [6.45, 7) is 2.09. The van der Waals surface area contributed by atoms with Crippen molar-refractivity contribution in [1.82, 2.24) is 0 Å². The van der Waals surface area contributed by atoms with Crippen LogP contribution in [0.1, 0.15) is 36.5 Å². The number of likely N-dealkylation sites (tertiary alicyclic amines) is 1. The van der Waals surface area contributed by atoms with Crippen LogP contribution < -0.4 is 0 Å². The minimum atomic E-state index is -1.12. The van der Waals surface area contributed by atoms with Crippen molar-refractivity contribution in [3.8, 4) is 0 Å². The average molecular weight is 302 g/mol. The van der Waals surface area contributed by atoms with Gasteiger partial charge in [0.15, 0.2) is 5.78 Å². The Morgan fingerprint density at radius 2 is 1.95 bits per heavy atom. The topological polar surface area (TPSA) is 71.4 Å².